The molecule has 168 valence electrons. The first-order valence-corrected chi connectivity index (χ1v) is 11.7. The van der Waals surface area contributed by atoms with Gasteiger partial charge in [0.1, 0.15) is 10.6 Å². The Hall–Kier alpha value is -2.98. The first-order valence-electron chi connectivity index (χ1n) is 10.9. The van der Waals surface area contributed by atoms with Crippen LogP contribution in [0.25, 0.3) is 16.0 Å². The van der Waals surface area contributed by atoms with E-state index in [0.717, 1.165) is 66.6 Å². The van der Waals surface area contributed by atoms with E-state index in [1.54, 1.807) is 30.1 Å². The largest absolute Gasteiger partial charge is 0.493 e. The van der Waals surface area contributed by atoms with Gasteiger partial charge in [0, 0.05) is 24.5 Å². The number of hydrogen-bond acceptors (Lipinski definition) is 9. The van der Waals surface area contributed by atoms with Gasteiger partial charge in [-0.2, -0.15) is 9.50 Å². The molecule has 0 unspecified atom stereocenters. The molecule has 5 rings (SSSR count). The molecule has 0 saturated carbocycles. The van der Waals surface area contributed by atoms with Crippen molar-refractivity contribution >= 4 is 33.1 Å². The average molecular weight is 454 g/mol. The molecule has 4 aromatic rings. The van der Waals surface area contributed by atoms with Gasteiger partial charge in [-0.05, 0) is 59.5 Å². The number of benzene rings is 1. The van der Waals surface area contributed by atoms with Crippen molar-refractivity contribution in [3.63, 3.8) is 0 Å². The Morgan fingerprint density at radius 3 is 2.88 bits per heavy atom. The van der Waals surface area contributed by atoms with Crippen LogP contribution in [0.2, 0.25) is 0 Å². The zero-order chi connectivity index (χ0) is 22.1. The van der Waals surface area contributed by atoms with Crippen LogP contribution in [0.3, 0.4) is 0 Å². The second-order valence-corrected chi connectivity index (χ2v) is 9.01. The summed E-state index contributed by atoms with van der Waals surface area (Å²) < 4.78 is 12.5. The van der Waals surface area contributed by atoms with Gasteiger partial charge in [0.25, 0.3) is 5.78 Å². The minimum Gasteiger partial charge on any atom is -0.493 e. The Labute approximate surface area is 190 Å². The van der Waals surface area contributed by atoms with Crippen molar-refractivity contribution in [2.24, 2.45) is 0 Å². The number of anilines is 1. The second kappa shape index (κ2) is 8.87. The summed E-state index contributed by atoms with van der Waals surface area (Å²) >= 11 is 1.78. The van der Waals surface area contributed by atoms with Gasteiger partial charge in [-0.15, -0.1) is 11.3 Å². The van der Waals surface area contributed by atoms with E-state index in [1.807, 2.05) is 12.1 Å². The highest BCUT2D eigenvalue weighted by atomic mass is 32.1. The van der Waals surface area contributed by atoms with E-state index in [0.29, 0.717) is 5.78 Å². The minimum atomic E-state index is 0.523. The number of tetrazole rings is 1. The molecule has 1 aliphatic heterocycles. The Morgan fingerprint density at radius 2 is 2.06 bits per heavy atom. The Balaban J connectivity index is 1.43. The Morgan fingerprint density at radius 1 is 1.19 bits per heavy atom. The van der Waals surface area contributed by atoms with Crippen molar-refractivity contribution in [2.75, 3.05) is 39.2 Å². The van der Waals surface area contributed by atoms with Crippen LogP contribution in [-0.2, 0) is 19.4 Å². The minimum absolute atomic E-state index is 0.523. The van der Waals surface area contributed by atoms with Crippen LogP contribution in [0.4, 0.5) is 5.82 Å². The molecule has 0 amide bonds. The number of fused-ring (bicyclic) bond motifs is 5. The third kappa shape index (κ3) is 3.73. The van der Waals surface area contributed by atoms with Crippen molar-refractivity contribution in [1.82, 2.24) is 29.9 Å². The van der Waals surface area contributed by atoms with Crippen molar-refractivity contribution in [3.8, 4) is 11.5 Å². The van der Waals surface area contributed by atoms with E-state index in [9.17, 15) is 0 Å². The highest BCUT2D eigenvalue weighted by molar-refractivity contribution is 7.19. The van der Waals surface area contributed by atoms with Gasteiger partial charge in [-0.3, -0.25) is 4.90 Å². The van der Waals surface area contributed by atoms with Gasteiger partial charge in [0.15, 0.2) is 11.5 Å². The van der Waals surface area contributed by atoms with Crippen LogP contribution >= 0.6 is 11.3 Å². The topological polar surface area (TPSA) is 89.7 Å². The summed E-state index contributed by atoms with van der Waals surface area (Å²) in [5, 5.41) is 16.9. The molecule has 0 radical (unpaired) electrons. The third-order valence-corrected chi connectivity index (χ3v) is 7.10. The van der Waals surface area contributed by atoms with Gasteiger partial charge < -0.3 is 14.8 Å². The highest BCUT2D eigenvalue weighted by Crippen LogP contribution is 2.38. The van der Waals surface area contributed by atoms with E-state index in [4.69, 9.17) is 14.5 Å². The predicted molar refractivity (Wildman–Crippen MR) is 125 cm³/mol. The fourth-order valence-corrected chi connectivity index (χ4v) is 5.71. The van der Waals surface area contributed by atoms with Crippen molar-refractivity contribution in [3.05, 3.63) is 34.2 Å². The first-order chi connectivity index (χ1) is 15.7. The fraction of sp³-hybridized carbons (Fsp3) is 0.455. The molecule has 9 nitrogen and oxygen atoms in total. The lowest BCUT2D eigenvalue weighted by molar-refractivity contribution is 0.258. The quantitative estimate of drug-likeness (QED) is 0.435. The predicted octanol–water partition coefficient (Wildman–Crippen LogP) is 3.17. The number of aromatic nitrogens is 5. The zero-order valence-corrected chi connectivity index (χ0v) is 19.4. The summed E-state index contributed by atoms with van der Waals surface area (Å²) in [4.78, 5) is 9.74. The van der Waals surface area contributed by atoms with Gasteiger partial charge >= 0.3 is 0 Å². The van der Waals surface area contributed by atoms with Crippen LogP contribution < -0.4 is 14.8 Å². The molecule has 32 heavy (non-hydrogen) atoms. The first kappa shape index (κ1) is 20.9. The summed E-state index contributed by atoms with van der Waals surface area (Å²) in [6.07, 6.45) is 3.02. The molecule has 1 aliphatic rings. The van der Waals surface area contributed by atoms with E-state index >= 15 is 0 Å². The lowest BCUT2D eigenvalue weighted by Crippen LogP contribution is -2.30. The normalized spacial score (nSPS) is 14.1. The smallest absolute Gasteiger partial charge is 0.276 e. The molecule has 0 bridgehead atoms. The zero-order valence-electron chi connectivity index (χ0n) is 18.6. The number of nitrogens with zero attached hydrogens (tertiary/aromatic N) is 6. The molecule has 1 aromatic carbocycles. The summed E-state index contributed by atoms with van der Waals surface area (Å²) in [5.41, 5.74) is 2.55. The highest BCUT2D eigenvalue weighted by Gasteiger charge is 2.25. The summed E-state index contributed by atoms with van der Waals surface area (Å²) in [7, 11) is 3.30. The number of hydrogen-bond donors (Lipinski definition) is 1. The lowest BCUT2D eigenvalue weighted by Gasteiger charge is -2.26. The van der Waals surface area contributed by atoms with E-state index in [-0.39, 0.29) is 0 Å². The molecule has 0 saturated heterocycles. The van der Waals surface area contributed by atoms with E-state index < -0.39 is 0 Å². The van der Waals surface area contributed by atoms with Gasteiger partial charge in [-0.25, -0.2) is 0 Å². The summed E-state index contributed by atoms with van der Waals surface area (Å²) in [5.74, 6) is 2.86. The van der Waals surface area contributed by atoms with Gasteiger partial charge in [0.2, 0.25) is 0 Å². The third-order valence-electron chi connectivity index (χ3n) is 5.91. The number of thiophene rings is 1. The second-order valence-electron chi connectivity index (χ2n) is 7.93. The maximum atomic E-state index is 5.43. The number of nitrogens with one attached hydrogen (secondary N) is 1. The standard InChI is InChI=1S/C22H27N7O2S/c1-4-10-28-11-8-15-18(13-28)32-21-19(15)20(24-22-25-26-27-29(21)22)23-9-7-14-5-6-16(30-2)17(12-14)31-3/h5-6,12H,4,7-11,13H2,1-3H3,(H,23,24,25,27). The van der Waals surface area contributed by atoms with E-state index in [2.05, 4.69) is 38.7 Å². The van der Waals surface area contributed by atoms with Gasteiger partial charge in [-0.1, -0.05) is 18.1 Å². The van der Waals surface area contributed by atoms with Crippen molar-refractivity contribution in [1.29, 1.82) is 0 Å². The Bertz CT molecular complexity index is 1250. The maximum Gasteiger partial charge on any atom is 0.276 e. The maximum absolute atomic E-state index is 5.43. The van der Waals surface area contributed by atoms with E-state index in [1.165, 1.54) is 22.4 Å². The molecule has 1 N–H and O–H groups in total. The Kier molecular flexibility index (Phi) is 5.79. The van der Waals surface area contributed by atoms with Crippen LogP contribution in [0, 0.1) is 0 Å². The summed E-state index contributed by atoms with van der Waals surface area (Å²) in [6.45, 7) is 6.16. The average Bonchev–Trinajstić information content (AvgIpc) is 3.43. The number of rotatable bonds is 8. The molecule has 3 aromatic heterocycles. The molecule has 0 atom stereocenters. The van der Waals surface area contributed by atoms with Crippen LogP contribution in [0.1, 0.15) is 29.3 Å². The molecule has 0 aliphatic carbocycles. The van der Waals surface area contributed by atoms with Crippen LogP contribution in [-0.4, -0.2) is 63.8 Å². The number of ether oxygens (including phenoxy) is 2. The monoisotopic (exact) mass is 453 g/mol. The molecular formula is C22H27N7O2S. The number of methoxy groups -OCH3 is 2. The molecule has 0 fully saturated rings. The molecule has 0 spiro atoms. The lowest BCUT2D eigenvalue weighted by atomic mass is 10.0. The van der Waals surface area contributed by atoms with Crippen molar-refractivity contribution in [2.45, 2.75) is 32.7 Å². The summed E-state index contributed by atoms with van der Waals surface area (Å²) in [6, 6.07) is 6.02. The SMILES string of the molecule is CCCN1CCc2c(sc3c2c(NCCc2ccc(OC)c(OC)c2)nc2nnnn23)C1. The molecular weight excluding hydrogens is 426 g/mol. The van der Waals surface area contributed by atoms with Crippen LogP contribution in [0.15, 0.2) is 18.2 Å². The van der Waals surface area contributed by atoms with Gasteiger partial charge in [0.05, 0.1) is 19.6 Å². The fourth-order valence-electron chi connectivity index (χ4n) is 4.37. The van der Waals surface area contributed by atoms with Crippen LogP contribution in [0.5, 0.6) is 11.5 Å². The van der Waals surface area contributed by atoms with Crippen molar-refractivity contribution < 1.29 is 9.47 Å². The molecule has 10 heteroatoms. The molecule has 4 heterocycles.